The average Bonchev–Trinajstić information content (AvgIpc) is 3.05. The van der Waals surface area contributed by atoms with E-state index < -0.39 is 0 Å². The first-order valence-corrected chi connectivity index (χ1v) is 7.48. The van der Waals surface area contributed by atoms with Gasteiger partial charge in [-0.25, -0.2) is 4.98 Å². The zero-order valence-corrected chi connectivity index (χ0v) is 13.0. The van der Waals surface area contributed by atoms with E-state index in [4.69, 9.17) is 0 Å². The van der Waals surface area contributed by atoms with Crippen LogP contribution in [0.25, 0.3) is 0 Å². The van der Waals surface area contributed by atoms with Gasteiger partial charge in [0.25, 0.3) is 5.91 Å². The van der Waals surface area contributed by atoms with Crippen LogP contribution < -0.4 is 5.32 Å². The fourth-order valence-corrected chi connectivity index (χ4v) is 2.33. The minimum atomic E-state index is -0.0620. The molecule has 0 saturated carbocycles. The average molecular weight is 289 g/mol. The van der Waals surface area contributed by atoms with Crippen molar-refractivity contribution in [3.63, 3.8) is 0 Å². The summed E-state index contributed by atoms with van der Waals surface area (Å²) >= 11 is 0. The van der Waals surface area contributed by atoms with Crippen molar-refractivity contribution in [1.29, 1.82) is 0 Å². The Labute approximate surface area is 125 Å². The highest BCUT2D eigenvalue weighted by molar-refractivity contribution is 5.94. The van der Waals surface area contributed by atoms with Crippen molar-refractivity contribution in [2.75, 3.05) is 6.54 Å². The van der Waals surface area contributed by atoms with Gasteiger partial charge in [0, 0.05) is 44.6 Å². The SMILES string of the molecule is CCCn1cc(C(=O)NCCn2ccnc2CC)c(C)n1. The van der Waals surface area contributed by atoms with Gasteiger partial charge in [0.1, 0.15) is 5.82 Å². The standard InChI is InChI=1S/C15H23N5O/c1-4-8-20-11-13(12(3)18-20)15(21)17-7-10-19-9-6-16-14(19)5-2/h6,9,11H,4-5,7-8,10H2,1-3H3,(H,17,21). The fraction of sp³-hybridized carbons (Fsp3) is 0.533. The van der Waals surface area contributed by atoms with Gasteiger partial charge in [-0.3, -0.25) is 9.48 Å². The summed E-state index contributed by atoms with van der Waals surface area (Å²) in [6.07, 6.45) is 7.45. The summed E-state index contributed by atoms with van der Waals surface area (Å²) in [5, 5.41) is 7.29. The number of aromatic nitrogens is 4. The van der Waals surface area contributed by atoms with Crippen molar-refractivity contribution in [1.82, 2.24) is 24.6 Å². The van der Waals surface area contributed by atoms with Crippen LogP contribution in [-0.4, -0.2) is 31.8 Å². The molecular formula is C15H23N5O. The topological polar surface area (TPSA) is 64.7 Å². The first-order chi connectivity index (χ1) is 10.2. The van der Waals surface area contributed by atoms with E-state index in [0.29, 0.717) is 12.1 Å². The number of carbonyl (C=O) groups is 1. The van der Waals surface area contributed by atoms with Gasteiger partial charge in [-0.1, -0.05) is 13.8 Å². The van der Waals surface area contributed by atoms with E-state index in [1.54, 1.807) is 6.20 Å². The van der Waals surface area contributed by atoms with Gasteiger partial charge in [0.15, 0.2) is 0 Å². The molecule has 0 aliphatic rings. The minimum absolute atomic E-state index is 0.0620. The summed E-state index contributed by atoms with van der Waals surface area (Å²) in [4.78, 5) is 16.4. The number of carbonyl (C=O) groups excluding carboxylic acids is 1. The van der Waals surface area contributed by atoms with Crippen molar-refractivity contribution in [3.05, 3.63) is 35.7 Å². The van der Waals surface area contributed by atoms with Crippen LogP contribution in [0.3, 0.4) is 0 Å². The molecule has 6 nitrogen and oxygen atoms in total. The molecule has 0 fully saturated rings. The van der Waals surface area contributed by atoms with E-state index in [0.717, 1.165) is 37.4 Å². The summed E-state index contributed by atoms with van der Waals surface area (Å²) in [7, 11) is 0. The van der Waals surface area contributed by atoms with Crippen molar-refractivity contribution in [2.45, 2.75) is 46.7 Å². The molecule has 2 rings (SSSR count). The molecule has 0 saturated heterocycles. The van der Waals surface area contributed by atoms with Crippen LogP contribution in [0, 0.1) is 6.92 Å². The molecule has 0 bridgehead atoms. The maximum atomic E-state index is 12.2. The zero-order valence-electron chi connectivity index (χ0n) is 13.0. The second-order valence-corrected chi connectivity index (χ2v) is 5.04. The van der Waals surface area contributed by atoms with Crippen molar-refractivity contribution in [3.8, 4) is 0 Å². The van der Waals surface area contributed by atoms with Crippen molar-refractivity contribution in [2.24, 2.45) is 0 Å². The molecule has 0 radical (unpaired) electrons. The molecule has 0 aliphatic heterocycles. The molecule has 0 unspecified atom stereocenters. The second-order valence-electron chi connectivity index (χ2n) is 5.04. The monoisotopic (exact) mass is 289 g/mol. The van der Waals surface area contributed by atoms with Gasteiger partial charge in [-0.05, 0) is 13.3 Å². The molecule has 114 valence electrons. The molecule has 0 aromatic carbocycles. The third kappa shape index (κ3) is 3.71. The smallest absolute Gasteiger partial charge is 0.254 e. The quantitative estimate of drug-likeness (QED) is 0.845. The maximum absolute atomic E-state index is 12.2. The Morgan fingerprint density at radius 2 is 2.14 bits per heavy atom. The van der Waals surface area contributed by atoms with Gasteiger partial charge in [-0.2, -0.15) is 5.10 Å². The van der Waals surface area contributed by atoms with E-state index in [9.17, 15) is 4.79 Å². The highest BCUT2D eigenvalue weighted by Crippen LogP contribution is 2.06. The molecule has 21 heavy (non-hydrogen) atoms. The fourth-order valence-electron chi connectivity index (χ4n) is 2.33. The summed E-state index contributed by atoms with van der Waals surface area (Å²) < 4.78 is 3.89. The lowest BCUT2D eigenvalue weighted by Crippen LogP contribution is -2.27. The Morgan fingerprint density at radius 1 is 1.33 bits per heavy atom. The molecule has 2 heterocycles. The van der Waals surface area contributed by atoms with E-state index in [1.165, 1.54) is 0 Å². The first-order valence-electron chi connectivity index (χ1n) is 7.48. The third-order valence-electron chi connectivity index (χ3n) is 3.40. The molecule has 2 aromatic heterocycles. The third-order valence-corrected chi connectivity index (χ3v) is 3.40. The Hall–Kier alpha value is -2.11. The molecule has 1 amide bonds. The number of rotatable bonds is 7. The summed E-state index contributed by atoms with van der Waals surface area (Å²) in [6, 6.07) is 0. The Balaban J connectivity index is 1.90. The number of hydrogen-bond donors (Lipinski definition) is 1. The van der Waals surface area contributed by atoms with Crippen LogP contribution >= 0.6 is 0 Å². The molecule has 6 heteroatoms. The largest absolute Gasteiger partial charge is 0.350 e. The van der Waals surface area contributed by atoms with Crippen LogP contribution in [0.15, 0.2) is 18.6 Å². The van der Waals surface area contributed by atoms with Gasteiger partial charge in [0.05, 0.1) is 11.3 Å². The van der Waals surface area contributed by atoms with E-state index in [1.807, 2.05) is 24.0 Å². The second kappa shape index (κ2) is 7.06. The van der Waals surface area contributed by atoms with Crippen LogP contribution in [0.5, 0.6) is 0 Å². The van der Waals surface area contributed by atoms with Gasteiger partial charge in [-0.15, -0.1) is 0 Å². The van der Waals surface area contributed by atoms with Crippen LogP contribution in [0.2, 0.25) is 0 Å². The van der Waals surface area contributed by atoms with Gasteiger partial charge >= 0.3 is 0 Å². The molecule has 2 aromatic rings. The number of nitrogens with one attached hydrogen (secondary N) is 1. The maximum Gasteiger partial charge on any atom is 0.254 e. The Morgan fingerprint density at radius 3 is 2.86 bits per heavy atom. The lowest BCUT2D eigenvalue weighted by atomic mass is 10.2. The van der Waals surface area contributed by atoms with Crippen LogP contribution in [-0.2, 0) is 19.5 Å². The number of nitrogens with zero attached hydrogens (tertiary/aromatic N) is 4. The first kappa shape index (κ1) is 15.3. The highest BCUT2D eigenvalue weighted by atomic mass is 16.1. The summed E-state index contributed by atoms with van der Waals surface area (Å²) in [5.41, 5.74) is 1.43. The summed E-state index contributed by atoms with van der Waals surface area (Å²) in [5.74, 6) is 0.976. The molecule has 1 N–H and O–H groups in total. The van der Waals surface area contributed by atoms with Crippen LogP contribution in [0.1, 0.15) is 42.1 Å². The Kier molecular flexibility index (Phi) is 5.14. The predicted octanol–water partition coefficient (Wildman–Crippen LogP) is 1.79. The highest BCUT2D eigenvalue weighted by Gasteiger charge is 2.12. The normalized spacial score (nSPS) is 10.8. The lowest BCUT2D eigenvalue weighted by Gasteiger charge is -2.07. The number of amides is 1. The van der Waals surface area contributed by atoms with E-state index >= 15 is 0 Å². The van der Waals surface area contributed by atoms with E-state index in [-0.39, 0.29) is 5.91 Å². The van der Waals surface area contributed by atoms with E-state index in [2.05, 4.69) is 33.8 Å². The molecule has 0 spiro atoms. The van der Waals surface area contributed by atoms with Gasteiger partial charge in [0.2, 0.25) is 0 Å². The minimum Gasteiger partial charge on any atom is -0.350 e. The molecule has 0 atom stereocenters. The lowest BCUT2D eigenvalue weighted by molar-refractivity contribution is 0.0951. The number of aryl methyl sites for hydroxylation is 3. The zero-order chi connectivity index (χ0) is 15.2. The Bertz CT molecular complexity index is 599. The van der Waals surface area contributed by atoms with Gasteiger partial charge < -0.3 is 9.88 Å². The van der Waals surface area contributed by atoms with Crippen LogP contribution in [0.4, 0.5) is 0 Å². The molecular weight excluding hydrogens is 266 g/mol. The number of imidazole rings is 1. The summed E-state index contributed by atoms with van der Waals surface area (Å²) in [6.45, 7) is 8.18. The van der Waals surface area contributed by atoms with Crippen molar-refractivity contribution < 1.29 is 4.79 Å². The molecule has 0 aliphatic carbocycles. The van der Waals surface area contributed by atoms with Crippen molar-refractivity contribution >= 4 is 5.91 Å². The number of hydrogen-bond acceptors (Lipinski definition) is 3. The predicted molar refractivity (Wildman–Crippen MR) is 81.2 cm³/mol.